The number of hydrogen-bond acceptors (Lipinski definition) is 3. The Morgan fingerprint density at radius 3 is 2.14 bits per heavy atom. The maximum atomic E-state index is 11.9. The van der Waals surface area contributed by atoms with Crippen molar-refractivity contribution in [1.29, 1.82) is 0 Å². The van der Waals surface area contributed by atoms with Crippen molar-refractivity contribution >= 4 is 29.7 Å². The molecule has 1 atom stereocenters. The zero-order valence-electron chi connectivity index (χ0n) is 13.4. The van der Waals surface area contributed by atoms with E-state index in [9.17, 15) is 4.79 Å². The van der Waals surface area contributed by atoms with E-state index in [1.54, 1.807) is 0 Å². The molecule has 1 amide bonds. The van der Waals surface area contributed by atoms with Gasteiger partial charge in [0, 0.05) is 24.5 Å². The summed E-state index contributed by atoms with van der Waals surface area (Å²) in [6, 6.07) is 7.45. The number of hydrogen-bond donors (Lipinski definition) is 2. The Kier molecular flexibility index (Phi) is 9.06. The Balaban J connectivity index is 0.00000400. The van der Waals surface area contributed by atoms with Crippen LogP contribution in [0.4, 0.5) is 11.4 Å². The van der Waals surface area contributed by atoms with Gasteiger partial charge in [0.2, 0.25) is 5.91 Å². The molecule has 0 aliphatic rings. The van der Waals surface area contributed by atoms with E-state index in [-0.39, 0.29) is 18.3 Å². The van der Waals surface area contributed by atoms with E-state index in [0.717, 1.165) is 18.8 Å². The Labute approximate surface area is 134 Å². The molecule has 5 heteroatoms. The summed E-state index contributed by atoms with van der Waals surface area (Å²) in [7, 11) is 0. The maximum Gasteiger partial charge on any atom is 0.241 e. The van der Waals surface area contributed by atoms with Gasteiger partial charge in [0.15, 0.2) is 0 Å². The summed E-state index contributed by atoms with van der Waals surface area (Å²) < 4.78 is 0. The molecule has 0 saturated carbocycles. The van der Waals surface area contributed by atoms with Gasteiger partial charge in [0.1, 0.15) is 0 Å². The normalized spacial score (nSPS) is 11.7. The van der Waals surface area contributed by atoms with Crippen LogP contribution in [0.3, 0.4) is 0 Å². The molecule has 0 fully saturated rings. The minimum absolute atomic E-state index is 0. The number of nitrogens with zero attached hydrogens (tertiary/aromatic N) is 1. The van der Waals surface area contributed by atoms with E-state index in [1.165, 1.54) is 5.69 Å². The monoisotopic (exact) mass is 313 g/mol. The quantitative estimate of drug-likeness (QED) is 0.812. The number of nitrogens with two attached hydrogens (primary N) is 1. The summed E-state index contributed by atoms with van der Waals surface area (Å²) in [4.78, 5) is 14.2. The van der Waals surface area contributed by atoms with Crippen molar-refractivity contribution in [2.45, 2.75) is 40.2 Å². The van der Waals surface area contributed by atoms with Crippen molar-refractivity contribution in [3.8, 4) is 0 Å². The fraction of sp³-hybridized carbons (Fsp3) is 0.562. The lowest BCUT2D eigenvalue weighted by Crippen LogP contribution is -2.36. The van der Waals surface area contributed by atoms with E-state index in [0.29, 0.717) is 12.3 Å². The van der Waals surface area contributed by atoms with Crippen LogP contribution < -0.4 is 16.0 Å². The number of benzene rings is 1. The standard InChI is InChI=1S/C16H27N3O.ClH/c1-5-19(6-2)14-9-7-13(8-10-14)18-16(20)15(17)11-12(3)4;/h7-10,12,15H,5-6,11,17H2,1-4H3,(H,18,20);1H/t15-;/m0./s1. The minimum atomic E-state index is -0.447. The van der Waals surface area contributed by atoms with Gasteiger partial charge >= 0.3 is 0 Å². The van der Waals surface area contributed by atoms with Gasteiger partial charge in [-0.25, -0.2) is 0 Å². The average Bonchev–Trinajstić information content (AvgIpc) is 2.41. The summed E-state index contributed by atoms with van der Waals surface area (Å²) in [5, 5.41) is 2.87. The number of carbonyl (C=O) groups excluding carboxylic acids is 1. The summed E-state index contributed by atoms with van der Waals surface area (Å²) >= 11 is 0. The van der Waals surface area contributed by atoms with E-state index in [1.807, 2.05) is 24.3 Å². The van der Waals surface area contributed by atoms with Gasteiger partial charge in [0.05, 0.1) is 6.04 Å². The van der Waals surface area contributed by atoms with Crippen molar-refractivity contribution in [1.82, 2.24) is 0 Å². The molecule has 0 aliphatic carbocycles. The third-order valence-electron chi connectivity index (χ3n) is 3.33. The molecule has 3 N–H and O–H groups in total. The number of carbonyl (C=O) groups is 1. The smallest absolute Gasteiger partial charge is 0.241 e. The van der Waals surface area contributed by atoms with Crippen LogP contribution in [-0.4, -0.2) is 25.0 Å². The lowest BCUT2D eigenvalue weighted by Gasteiger charge is -2.21. The zero-order valence-corrected chi connectivity index (χ0v) is 14.2. The number of halogens is 1. The van der Waals surface area contributed by atoms with Crippen molar-refractivity contribution in [3.05, 3.63) is 24.3 Å². The van der Waals surface area contributed by atoms with Crippen LogP contribution in [0.5, 0.6) is 0 Å². The third-order valence-corrected chi connectivity index (χ3v) is 3.33. The predicted molar refractivity (Wildman–Crippen MR) is 93.3 cm³/mol. The molecule has 0 saturated heterocycles. The molecule has 0 unspecified atom stereocenters. The zero-order chi connectivity index (χ0) is 15.1. The van der Waals surface area contributed by atoms with Crippen LogP contribution >= 0.6 is 12.4 Å². The summed E-state index contributed by atoms with van der Waals surface area (Å²) in [6.07, 6.45) is 0.698. The second-order valence-electron chi connectivity index (χ2n) is 5.44. The first-order chi connectivity index (χ1) is 9.47. The number of anilines is 2. The molecule has 21 heavy (non-hydrogen) atoms. The van der Waals surface area contributed by atoms with Gasteiger partial charge in [-0.15, -0.1) is 12.4 Å². The van der Waals surface area contributed by atoms with Crippen LogP contribution in [0.1, 0.15) is 34.1 Å². The molecule has 4 nitrogen and oxygen atoms in total. The third kappa shape index (κ3) is 6.36. The van der Waals surface area contributed by atoms with Crippen LogP contribution in [0, 0.1) is 5.92 Å². The molecule has 1 aromatic rings. The summed E-state index contributed by atoms with van der Waals surface area (Å²) in [6.45, 7) is 10.3. The van der Waals surface area contributed by atoms with Crippen molar-refractivity contribution in [3.63, 3.8) is 0 Å². The molecule has 0 spiro atoms. The fourth-order valence-electron chi connectivity index (χ4n) is 2.19. The van der Waals surface area contributed by atoms with Crippen molar-refractivity contribution < 1.29 is 4.79 Å². The second kappa shape index (κ2) is 9.64. The van der Waals surface area contributed by atoms with Crippen molar-refractivity contribution in [2.75, 3.05) is 23.3 Å². The van der Waals surface area contributed by atoms with Crippen molar-refractivity contribution in [2.24, 2.45) is 11.7 Å². The molecular weight excluding hydrogens is 286 g/mol. The Morgan fingerprint density at radius 1 is 1.19 bits per heavy atom. The Hall–Kier alpha value is -1.26. The number of amides is 1. The highest BCUT2D eigenvalue weighted by atomic mass is 35.5. The number of rotatable bonds is 7. The summed E-state index contributed by atoms with van der Waals surface area (Å²) in [5.74, 6) is 0.301. The highest BCUT2D eigenvalue weighted by molar-refractivity contribution is 5.94. The molecule has 1 rings (SSSR count). The highest BCUT2D eigenvalue weighted by Crippen LogP contribution is 2.18. The Morgan fingerprint density at radius 2 is 1.71 bits per heavy atom. The molecule has 120 valence electrons. The fourth-order valence-corrected chi connectivity index (χ4v) is 2.19. The molecular formula is C16H28ClN3O. The van der Waals surface area contributed by atoms with Crippen LogP contribution in [0.25, 0.3) is 0 Å². The highest BCUT2D eigenvalue weighted by Gasteiger charge is 2.15. The van der Waals surface area contributed by atoms with Crippen LogP contribution in [0.15, 0.2) is 24.3 Å². The maximum absolute atomic E-state index is 11.9. The lowest BCUT2D eigenvalue weighted by molar-refractivity contribution is -0.117. The van der Waals surface area contributed by atoms with Crippen LogP contribution in [-0.2, 0) is 4.79 Å². The molecule has 0 bridgehead atoms. The van der Waals surface area contributed by atoms with Crippen LogP contribution in [0.2, 0.25) is 0 Å². The minimum Gasteiger partial charge on any atom is -0.372 e. The van der Waals surface area contributed by atoms with Gasteiger partial charge in [-0.05, 0) is 50.5 Å². The number of nitrogens with one attached hydrogen (secondary N) is 1. The molecule has 1 aromatic carbocycles. The van der Waals surface area contributed by atoms with E-state index in [2.05, 4.69) is 37.9 Å². The molecule has 0 aromatic heterocycles. The predicted octanol–water partition coefficient (Wildman–Crippen LogP) is 3.27. The van der Waals surface area contributed by atoms with Gasteiger partial charge in [-0.2, -0.15) is 0 Å². The van der Waals surface area contributed by atoms with Gasteiger partial charge in [-0.1, -0.05) is 13.8 Å². The first-order valence-electron chi connectivity index (χ1n) is 7.39. The van der Waals surface area contributed by atoms with E-state index in [4.69, 9.17) is 5.73 Å². The molecule has 0 heterocycles. The molecule has 0 radical (unpaired) electrons. The Bertz CT molecular complexity index is 416. The summed E-state index contributed by atoms with van der Waals surface area (Å²) in [5.41, 5.74) is 7.83. The topological polar surface area (TPSA) is 58.4 Å². The molecule has 0 aliphatic heterocycles. The van der Waals surface area contributed by atoms with E-state index < -0.39 is 6.04 Å². The first kappa shape index (κ1) is 19.7. The average molecular weight is 314 g/mol. The van der Waals surface area contributed by atoms with Gasteiger partial charge in [0.25, 0.3) is 0 Å². The largest absolute Gasteiger partial charge is 0.372 e. The first-order valence-corrected chi connectivity index (χ1v) is 7.39. The SMILES string of the molecule is CCN(CC)c1ccc(NC(=O)[C@@H](N)CC(C)C)cc1.Cl. The van der Waals surface area contributed by atoms with E-state index >= 15 is 0 Å². The van der Waals surface area contributed by atoms with Gasteiger partial charge in [-0.3, -0.25) is 4.79 Å². The second-order valence-corrected chi connectivity index (χ2v) is 5.44. The van der Waals surface area contributed by atoms with Gasteiger partial charge < -0.3 is 16.0 Å². The lowest BCUT2D eigenvalue weighted by atomic mass is 10.0.